The van der Waals surface area contributed by atoms with E-state index in [2.05, 4.69) is 473 Å². The van der Waals surface area contributed by atoms with Crippen LogP contribution in [0, 0.1) is 0 Å². The van der Waals surface area contributed by atoms with Crippen LogP contribution in [0.1, 0.15) is 48.6 Å². The summed E-state index contributed by atoms with van der Waals surface area (Å²) < 4.78 is 0. The van der Waals surface area contributed by atoms with Crippen molar-refractivity contribution in [3.8, 4) is 111 Å². The maximum atomic E-state index is 2.45. The highest BCUT2D eigenvalue weighted by Crippen LogP contribution is 2.56. The lowest BCUT2D eigenvalue weighted by atomic mass is 9.74. The van der Waals surface area contributed by atoms with Crippen LogP contribution in [0.2, 0.25) is 0 Å². The quantitative estimate of drug-likeness (QED) is 0.101. The Balaban J connectivity index is 0.582. The molecule has 0 bridgehead atoms. The third-order valence-corrected chi connectivity index (χ3v) is 25.7. The molecule has 0 aromatic heterocycles. The molecule has 1 atom stereocenters. The molecule has 560 valence electrons. The summed E-state index contributed by atoms with van der Waals surface area (Å²) in [5, 5.41) is 9.77. The highest BCUT2D eigenvalue weighted by Gasteiger charge is 2.42. The molecule has 0 N–H and O–H groups in total. The average Bonchev–Trinajstić information content (AvgIpc) is 1.56. The van der Waals surface area contributed by atoms with Crippen LogP contribution in [-0.2, 0) is 10.8 Å². The molecule has 1 unspecified atom stereocenters. The average molecular weight is 1520 g/mol. The predicted octanol–water partition coefficient (Wildman–Crippen LogP) is 32.2. The van der Waals surface area contributed by atoms with Crippen molar-refractivity contribution >= 4 is 77.2 Å². The first-order valence-corrected chi connectivity index (χ1v) is 41.5. The fourth-order valence-electron chi connectivity index (χ4n) is 19.9. The number of nitrogens with zero attached hydrogens (tertiary/aromatic N) is 2. The van der Waals surface area contributed by atoms with Gasteiger partial charge in [0, 0.05) is 45.0 Å². The van der Waals surface area contributed by atoms with Crippen LogP contribution < -0.4 is 9.80 Å². The summed E-state index contributed by atoms with van der Waals surface area (Å²) >= 11 is 0. The zero-order valence-corrected chi connectivity index (χ0v) is 66.5. The van der Waals surface area contributed by atoms with Crippen LogP contribution in [0.15, 0.2) is 443 Å². The van der Waals surface area contributed by atoms with E-state index in [4.69, 9.17) is 0 Å². The molecule has 0 saturated carbocycles. The second-order valence-electron chi connectivity index (χ2n) is 32.7. The predicted molar refractivity (Wildman–Crippen MR) is 504 cm³/mol. The monoisotopic (exact) mass is 1510 g/mol. The van der Waals surface area contributed by atoms with E-state index in [1.807, 2.05) is 0 Å². The Morgan fingerprint density at radius 3 is 1.07 bits per heavy atom. The topological polar surface area (TPSA) is 6.48 Å². The molecular weight excluding hydrogens is 1430 g/mol. The summed E-state index contributed by atoms with van der Waals surface area (Å²) in [5.74, 6) is 0. The SMILES string of the molecule is CC1(C)c2ccccc2-c2cccc(-c3ccc(N(c4ccc(-c5cccc(-c6cccc7ccccc67)c5)cc4)c4cccc(-c5cccc6cc(-c7ccc(-c8cccc(-c9ccc(N(c%10cccc(-c%11cccc%12ccccc%11%12)c%10)c%10ccc%11c(c%10)C(C)(c%10ccccc%10)c%10ccccc%10-%11)cc9)c8)c8ccccc78)ccc56)c4)cc3)c21. The smallest absolute Gasteiger partial charge is 0.0467 e. The van der Waals surface area contributed by atoms with Crippen molar-refractivity contribution in [2.75, 3.05) is 9.80 Å². The molecule has 2 aliphatic rings. The number of hydrogen-bond donors (Lipinski definition) is 0. The van der Waals surface area contributed by atoms with E-state index in [0.29, 0.717) is 0 Å². The van der Waals surface area contributed by atoms with E-state index >= 15 is 0 Å². The Hall–Kier alpha value is -15.0. The molecule has 0 heterocycles. The Bertz CT molecular complexity index is 7380. The minimum Gasteiger partial charge on any atom is -0.310 e. The molecule has 0 fully saturated rings. The third-order valence-electron chi connectivity index (χ3n) is 25.7. The number of rotatable bonds is 15. The van der Waals surface area contributed by atoms with E-state index in [0.717, 1.165) is 56.4 Å². The van der Waals surface area contributed by atoms with Gasteiger partial charge < -0.3 is 9.80 Å². The first kappa shape index (κ1) is 70.7. The summed E-state index contributed by atoms with van der Waals surface area (Å²) in [6.45, 7) is 7.16. The molecule has 2 aliphatic carbocycles. The Morgan fingerprint density at radius 1 is 0.168 bits per heavy atom. The van der Waals surface area contributed by atoms with E-state index in [1.165, 1.54) is 160 Å². The van der Waals surface area contributed by atoms with Crippen molar-refractivity contribution in [1.82, 2.24) is 0 Å². The fourth-order valence-corrected chi connectivity index (χ4v) is 19.9. The lowest BCUT2D eigenvalue weighted by Gasteiger charge is -2.31. The van der Waals surface area contributed by atoms with Crippen LogP contribution in [0.3, 0.4) is 0 Å². The van der Waals surface area contributed by atoms with Crippen molar-refractivity contribution < 1.29 is 0 Å². The Morgan fingerprint density at radius 2 is 0.504 bits per heavy atom. The van der Waals surface area contributed by atoms with Crippen molar-refractivity contribution in [2.24, 2.45) is 0 Å². The minimum absolute atomic E-state index is 0.143. The summed E-state index contributed by atoms with van der Waals surface area (Å²) in [5.41, 5.74) is 36.9. The maximum absolute atomic E-state index is 2.45. The lowest BCUT2D eigenvalue weighted by molar-refractivity contribution is 0.662. The molecule has 0 amide bonds. The van der Waals surface area contributed by atoms with Crippen LogP contribution in [0.4, 0.5) is 34.1 Å². The van der Waals surface area contributed by atoms with Crippen LogP contribution in [0.5, 0.6) is 0 Å². The molecule has 0 spiro atoms. The molecule has 22 rings (SSSR count). The van der Waals surface area contributed by atoms with E-state index in [1.54, 1.807) is 0 Å². The summed E-state index contributed by atoms with van der Waals surface area (Å²) in [4.78, 5) is 4.87. The first-order chi connectivity index (χ1) is 58.6. The molecule has 20 aromatic carbocycles. The highest BCUT2D eigenvalue weighted by atomic mass is 15.1. The number of hydrogen-bond acceptors (Lipinski definition) is 2. The van der Waals surface area contributed by atoms with Gasteiger partial charge in [-0.3, -0.25) is 0 Å². The minimum atomic E-state index is -0.358. The third kappa shape index (κ3) is 12.1. The van der Waals surface area contributed by atoms with E-state index < -0.39 is 0 Å². The van der Waals surface area contributed by atoms with Gasteiger partial charge in [-0.2, -0.15) is 0 Å². The van der Waals surface area contributed by atoms with Gasteiger partial charge in [-0.05, 0) is 280 Å². The summed E-state index contributed by atoms with van der Waals surface area (Å²) in [6.07, 6.45) is 0. The number of fused-ring (bicyclic) bond motifs is 10. The van der Waals surface area contributed by atoms with Crippen molar-refractivity contribution in [3.63, 3.8) is 0 Å². The lowest BCUT2D eigenvalue weighted by Crippen LogP contribution is -2.22. The van der Waals surface area contributed by atoms with Gasteiger partial charge in [-0.1, -0.05) is 366 Å². The largest absolute Gasteiger partial charge is 0.310 e. The van der Waals surface area contributed by atoms with Crippen molar-refractivity contribution in [2.45, 2.75) is 31.6 Å². The second-order valence-corrected chi connectivity index (χ2v) is 32.7. The van der Waals surface area contributed by atoms with Crippen molar-refractivity contribution in [3.05, 3.63) is 471 Å². The molecule has 2 heteroatoms. The number of benzene rings is 20. The molecule has 119 heavy (non-hydrogen) atoms. The Labute approximate surface area is 695 Å². The molecule has 20 aromatic rings. The molecule has 2 nitrogen and oxygen atoms in total. The van der Waals surface area contributed by atoms with Gasteiger partial charge >= 0.3 is 0 Å². The highest BCUT2D eigenvalue weighted by molar-refractivity contribution is 6.08. The summed E-state index contributed by atoms with van der Waals surface area (Å²) in [6, 6.07) is 165. The standard InChI is InChI=1S/C117H82N2/c1-116(2)112-51-15-13-45-109(112)111-50-24-49-105(115(111)116)81-57-64-92(65-58-81)118(91-60-53-77(54-61-91)82-29-17-31-84(71-82)99-46-21-27-79-25-7-9-40-97(79)99)94-38-19-34-88(74-94)101-48-23-35-86-73-89(59-67-102(86)101)104-70-69-103(106-42-11-12-43-107(104)106)85-32-18-30-83(72-85)78-55-62-93(63-56-78)119(95-39-20-33-87(75-95)100-47-22-28-80-26-8-10-41-98(80)100)96-66-68-110-108-44-14-16-52-113(108)117(3,114(110)76-96)90-36-5-4-6-37-90/h4-76H,1-3H3. The normalized spacial score (nSPS) is 13.6. The van der Waals surface area contributed by atoms with Gasteiger partial charge in [0.2, 0.25) is 0 Å². The van der Waals surface area contributed by atoms with Gasteiger partial charge in [0.25, 0.3) is 0 Å². The first-order valence-electron chi connectivity index (χ1n) is 41.5. The summed E-state index contributed by atoms with van der Waals surface area (Å²) in [7, 11) is 0. The van der Waals surface area contributed by atoms with E-state index in [-0.39, 0.29) is 10.8 Å². The van der Waals surface area contributed by atoms with Crippen LogP contribution in [-0.4, -0.2) is 0 Å². The molecule has 0 aliphatic heterocycles. The zero-order valence-electron chi connectivity index (χ0n) is 66.5. The van der Waals surface area contributed by atoms with Crippen molar-refractivity contribution in [1.29, 1.82) is 0 Å². The van der Waals surface area contributed by atoms with Gasteiger partial charge in [0.05, 0.1) is 0 Å². The number of anilines is 6. The van der Waals surface area contributed by atoms with Crippen LogP contribution >= 0.6 is 0 Å². The van der Waals surface area contributed by atoms with Gasteiger partial charge in [0.15, 0.2) is 0 Å². The Kier molecular flexibility index (Phi) is 17.1. The molecule has 0 radical (unpaired) electrons. The molecular formula is C117H82N2. The molecule has 0 saturated heterocycles. The zero-order chi connectivity index (χ0) is 79.3. The fraction of sp³-hybridized carbons (Fsp3) is 0.0427. The second kappa shape index (κ2) is 28.8. The van der Waals surface area contributed by atoms with Gasteiger partial charge in [-0.15, -0.1) is 0 Å². The van der Waals surface area contributed by atoms with Crippen LogP contribution in [0.25, 0.3) is 154 Å². The van der Waals surface area contributed by atoms with Gasteiger partial charge in [0.1, 0.15) is 0 Å². The van der Waals surface area contributed by atoms with E-state index in [9.17, 15) is 0 Å². The van der Waals surface area contributed by atoms with Gasteiger partial charge in [-0.25, -0.2) is 0 Å². The maximum Gasteiger partial charge on any atom is 0.0467 e.